The number of ether oxygens (including phenoxy) is 1. The Morgan fingerprint density at radius 1 is 1.59 bits per heavy atom. The van der Waals surface area contributed by atoms with Crippen LogP contribution in [0.1, 0.15) is 0 Å². The van der Waals surface area contributed by atoms with Crippen LogP contribution in [0.4, 0.5) is 0 Å². The Morgan fingerprint density at radius 2 is 2.12 bits per heavy atom. The molecule has 17 heavy (non-hydrogen) atoms. The number of cyclic esters (lactones) is 1. The molecule has 1 aliphatic rings. The molecule has 0 aromatic rings. The van der Waals surface area contributed by atoms with Crippen molar-refractivity contribution in [3.8, 4) is 0 Å². The van der Waals surface area contributed by atoms with Crippen LogP contribution in [0.2, 0.25) is 0 Å². The van der Waals surface area contributed by atoms with Gasteiger partial charge in [-0.2, -0.15) is 0 Å². The van der Waals surface area contributed by atoms with Gasteiger partial charge < -0.3 is 34.4 Å². The SMILES string of the molecule is O=C1O[C@H]([C@@H](O)CO)C(OP(=O)([O-])O)=C1[O-].[Mg+2]. The van der Waals surface area contributed by atoms with E-state index in [2.05, 4.69) is 9.26 Å². The van der Waals surface area contributed by atoms with Crippen molar-refractivity contribution in [2.45, 2.75) is 12.2 Å². The normalized spacial score (nSPS) is 24.7. The number of carbonyl (C=O) groups is 1. The van der Waals surface area contributed by atoms with Gasteiger partial charge in [0.2, 0.25) is 0 Å². The Labute approximate surface area is 111 Å². The first-order valence-electron chi connectivity index (χ1n) is 3.90. The minimum Gasteiger partial charge on any atom is -0.865 e. The maximum atomic E-state index is 11.0. The Kier molecular flexibility index (Phi) is 5.88. The van der Waals surface area contributed by atoms with E-state index < -0.39 is 44.1 Å². The van der Waals surface area contributed by atoms with E-state index in [9.17, 15) is 19.4 Å². The molecule has 0 bridgehead atoms. The second-order valence-corrected chi connectivity index (χ2v) is 3.95. The van der Waals surface area contributed by atoms with Crippen LogP contribution in [0.3, 0.4) is 0 Å². The zero-order valence-corrected chi connectivity index (χ0v) is 10.6. The van der Waals surface area contributed by atoms with Gasteiger partial charge in [0, 0.05) is 5.76 Å². The van der Waals surface area contributed by atoms with E-state index in [-0.39, 0.29) is 23.1 Å². The van der Waals surface area contributed by atoms with E-state index >= 15 is 0 Å². The average molecular weight is 278 g/mol. The number of esters is 1. The first-order valence-corrected chi connectivity index (χ1v) is 5.40. The minimum absolute atomic E-state index is 0. The van der Waals surface area contributed by atoms with E-state index in [4.69, 9.17) is 15.1 Å². The summed E-state index contributed by atoms with van der Waals surface area (Å²) in [5.41, 5.74) is 0. The zero-order valence-electron chi connectivity index (χ0n) is 8.31. The molecule has 0 aromatic carbocycles. The van der Waals surface area contributed by atoms with Gasteiger partial charge in [-0.3, -0.25) is 4.57 Å². The maximum Gasteiger partial charge on any atom is 2.00 e. The zero-order chi connectivity index (χ0) is 12.5. The number of carbonyl (C=O) groups excluding carboxylic acids is 1. The van der Waals surface area contributed by atoms with Crippen LogP contribution in [-0.2, 0) is 18.6 Å². The van der Waals surface area contributed by atoms with Crippen molar-refractivity contribution in [3.05, 3.63) is 11.5 Å². The van der Waals surface area contributed by atoms with Crippen LogP contribution in [0.5, 0.6) is 0 Å². The van der Waals surface area contributed by atoms with Crippen molar-refractivity contribution in [3.63, 3.8) is 0 Å². The predicted molar refractivity (Wildman–Crippen MR) is 46.7 cm³/mol. The predicted octanol–water partition coefficient (Wildman–Crippen LogP) is -4.07. The number of hydrogen-bond acceptors (Lipinski definition) is 8. The Hall–Kier alpha value is -0.354. The summed E-state index contributed by atoms with van der Waals surface area (Å²) in [6.45, 7) is -0.896. The number of aliphatic hydroxyl groups excluding tert-OH is 2. The molecule has 1 unspecified atom stereocenters. The molecule has 1 rings (SSSR count). The van der Waals surface area contributed by atoms with Crippen molar-refractivity contribution in [2.75, 3.05) is 6.61 Å². The van der Waals surface area contributed by atoms with E-state index in [1.807, 2.05) is 0 Å². The van der Waals surface area contributed by atoms with Gasteiger partial charge in [0.1, 0.15) is 11.9 Å². The third kappa shape index (κ3) is 4.10. The van der Waals surface area contributed by atoms with Gasteiger partial charge in [-0.25, -0.2) is 4.79 Å². The molecule has 3 N–H and O–H groups in total. The molecule has 1 heterocycles. The molecule has 0 fully saturated rings. The Balaban J connectivity index is 0.00000256. The Morgan fingerprint density at radius 3 is 2.53 bits per heavy atom. The second-order valence-electron chi connectivity index (χ2n) is 2.83. The number of phosphoric ester groups is 1. The average Bonchev–Trinajstić information content (AvgIpc) is 2.43. The molecule has 0 aromatic heterocycles. The first-order chi connectivity index (χ1) is 7.26. The summed E-state index contributed by atoms with van der Waals surface area (Å²) in [4.78, 5) is 29.5. The molecule has 0 saturated heterocycles. The number of aliphatic hydroxyl groups is 2. The molecule has 3 atom stereocenters. The third-order valence-electron chi connectivity index (χ3n) is 1.65. The molecular weight excluding hydrogens is 271 g/mol. The van der Waals surface area contributed by atoms with Crippen molar-refractivity contribution in [2.24, 2.45) is 0 Å². The van der Waals surface area contributed by atoms with Gasteiger partial charge in [-0.15, -0.1) is 0 Å². The molecule has 0 amide bonds. The summed E-state index contributed by atoms with van der Waals surface area (Å²) in [5, 5.41) is 28.7. The van der Waals surface area contributed by atoms with Gasteiger partial charge >= 0.3 is 36.8 Å². The van der Waals surface area contributed by atoms with Gasteiger partial charge in [0.15, 0.2) is 6.10 Å². The second kappa shape index (κ2) is 6.00. The van der Waals surface area contributed by atoms with Crippen LogP contribution in [0, 0.1) is 0 Å². The fourth-order valence-electron chi connectivity index (χ4n) is 1.02. The van der Waals surface area contributed by atoms with Gasteiger partial charge in [-0.05, 0) is 0 Å². The summed E-state index contributed by atoms with van der Waals surface area (Å²) < 4.78 is 18.4. The molecule has 0 saturated carbocycles. The monoisotopic (exact) mass is 278 g/mol. The van der Waals surface area contributed by atoms with Gasteiger partial charge in [0.05, 0.1) is 6.61 Å². The smallest absolute Gasteiger partial charge is 0.865 e. The molecule has 0 aliphatic carbocycles. The van der Waals surface area contributed by atoms with E-state index in [1.54, 1.807) is 0 Å². The summed E-state index contributed by atoms with van der Waals surface area (Å²) in [5.74, 6) is -3.96. The van der Waals surface area contributed by atoms with Gasteiger partial charge in [0.25, 0.3) is 0 Å². The maximum absolute atomic E-state index is 11.0. The van der Waals surface area contributed by atoms with Crippen LogP contribution < -0.4 is 10.00 Å². The molecule has 1 aliphatic heterocycles. The molecule has 92 valence electrons. The summed E-state index contributed by atoms with van der Waals surface area (Å²) in [6, 6.07) is 0. The van der Waals surface area contributed by atoms with Crippen molar-refractivity contribution >= 4 is 36.8 Å². The van der Waals surface area contributed by atoms with Crippen molar-refractivity contribution in [1.82, 2.24) is 0 Å². The number of hydrogen-bond donors (Lipinski definition) is 3. The topological polar surface area (TPSA) is 159 Å². The van der Waals surface area contributed by atoms with Crippen molar-refractivity contribution < 1.29 is 43.7 Å². The number of rotatable bonds is 4. The fourth-order valence-corrected chi connectivity index (χ4v) is 1.45. The van der Waals surface area contributed by atoms with E-state index in [0.29, 0.717) is 0 Å². The third-order valence-corrected chi connectivity index (χ3v) is 2.08. The number of phosphoric acid groups is 1. The minimum atomic E-state index is -5.30. The first kappa shape index (κ1) is 16.6. The van der Waals surface area contributed by atoms with Crippen LogP contribution >= 0.6 is 7.82 Å². The molecule has 0 spiro atoms. The van der Waals surface area contributed by atoms with E-state index in [0.717, 1.165) is 0 Å². The summed E-state index contributed by atoms with van der Waals surface area (Å²) >= 11 is 0. The molecule has 0 radical (unpaired) electrons. The van der Waals surface area contributed by atoms with Crippen LogP contribution in [0.15, 0.2) is 11.5 Å². The van der Waals surface area contributed by atoms with Gasteiger partial charge in [-0.1, -0.05) is 0 Å². The van der Waals surface area contributed by atoms with E-state index in [1.165, 1.54) is 0 Å². The standard InChI is InChI=1S/C6H9O9P.Mg/c7-1-2(8)4-5(15-16(11,12)13)3(9)6(10)14-4;/h2,4,7-9H,1H2,(H2,11,12,13);/q;+2/p-2/t2-,4+;/m0./s1. The quantitative estimate of drug-likeness (QED) is 0.264. The molecule has 9 nitrogen and oxygen atoms in total. The fraction of sp³-hybridized carbons (Fsp3) is 0.500. The Bertz CT molecular complexity index is 374. The van der Waals surface area contributed by atoms with Crippen molar-refractivity contribution in [1.29, 1.82) is 0 Å². The van der Waals surface area contributed by atoms with Crippen LogP contribution in [-0.4, -0.2) is 62.9 Å². The molecular formula is C6H7MgO9P. The largest absolute Gasteiger partial charge is 2.00 e. The summed E-state index contributed by atoms with van der Waals surface area (Å²) in [6.07, 6.45) is -3.48. The molecule has 11 heteroatoms. The summed E-state index contributed by atoms with van der Waals surface area (Å²) in [7, 11) is -5.30. The van der Waals surface area contributed by atoms with Crippen LogP contribution in [0.25, 0.3) is 0 Å².